The van der Waals surface area contributed by atoms with Crippen LogP contribution in [0, 0.1) is 23.7 Å². The van der Waals surface area contributed by atoms with Crippen LogP contribution in [0.3, 0.4) is 0 Å². The Morgan fingerprint density at radius 3 is 2.29 bits per heavy atom. The highest BCUT2D eigenvalue weighted by molar-refractivity contribution is 7.17. The Labute approximate surface area is 168 Å². The number of methoxy groups -OCH3 is 1. The van der Waals surface area contributed by atoms with E-state index in [1.54, 1.807) is 0 Å². The molecule has 4 aliphatic carbocycles. The van der Waals surface area contributed by atoms with Crippen molar-refractivity contribution in [3.8, 4) is 0 Å². The second-order valence-electron chi connectivity index (χ2n) is 8.31. The van der Waals surface area contributed by atoms with Crippen LogP contribution in [0.15, 0.2) is 0 Å². The number of hydrogen-bond donors (Lipinski definition) is 2. The first-order valence-electron chi connectivity index (χ1n) is 10.3. The molecule has 7 heteroatoms. The molecule has 0 spiro atoms. The first-order valence-corrected chi connectivity index (χ1v) is 11.1. The summed E-state index contributed by atoms with van der Waals surface area (Å²) < 4.78 is 5.00. The van der Waals surface area contributed by atoms with Gasteiger partial charge in [0.05, 0.1) is 24.5 Å². The van der Waals surface area contributed by atoms with Crippen molar-refractivity contribution in [1.82, 2.24) is 0 Å². The number of amides is 1. The number of anilines is 1. The van der Waals surface area contributed by atoms with Gasteiger partial charge in [-0.1, -0.05) is 6.42 Å². The largest absolute Gasteiger partial charge is 0.481 e. The van der Waals surface area contributed by atoms with Gasteiger partial charge in [0.15, 0.2) is 0 Å². The summed E-state index contributed by atoms with van der Waals surface area (Å²) in [6.45, 7) is 0. The van der Waals surface area contributed by atoms with Crippen molar-refractivity contribution < 1.29 is 24.2 Å². The zero-order valence-corrected chi connectivity index (χ0v) is 17.0. The number of fused-ring (bicyclic) bond motifs is 4. The molecule has 3 saturated carbocycles. The fraction of sp³-hybridized carbons (Fsp3) is 0.667. The third kappa shape index (κ3) is 3.34. The molecule has 0 unspecified atom stereocenters. The third-order valence-electron chi connectivity index (χ3n) is 6.85. The number of nitrogens with one attached hydrogen (secondary N) is 1. The maximum Gasteiger partial charge on any atom is 0.341 e. The van der Waals surface area contributed by atoms with E-state index in [-0.39, 0.29) is 17.7 Å². The average molecular weight is 406 g/mol. The lowest BCUT2D eigenvalue weighted by atomic mass is 9.58. The Morgan fingerprint density at radius 2 is 1.64 bits per heavy atom. The van der Waals surface area contributed by atoms with Gasteiger partial charge in [0.1, 0.15) is 5.00 Å². The van der Waals surface area contributed by atoms with Gasteiger partial charge in [0.2, 0.25) is 5.91 Å². The highest BCUT2D eigenvalue weighted by atomic mass is 32.1. The number of thiophene rings is 1. The van der Waals surface area contributed by atoms with Crippen molar-refractivity contribution in [2.45, 2.75) is 57.8 Å². The van der Waals surface area contributed by atoms with E-state index in [1.165, 1.54) is 18.4 Å². The van der Waals surface area contributed by atoms with Crippen LogP contribution >= 0.6 is 11.3 Å². The van der Waals surface area contributed by atoms with E-state index in [0.29, 0.717) is 10.6 Å². The first-order chi connectivity index (χ1) is 13.5. The van der Waals surface area contributed by atoms with E-state index in [9.17, 15) is 19.5 Å². The van der Waals surface area contributed by atoms with Crippen LogP contribution < -0.4 is 5.32 Å². The standard InChI is InChI=1S/C21H27NO5S/c1-27-21(26)17-13-5-3-2-4-6-14(13)28-19(17)22-18(23)15-11-7-9-12(10-8-11)16(15)20(24)25/h11-12,15-16H,2-10H2,1H3,(H,22,23)(H,24,25)/t11?,12?,15-,16+/m1/s1. The number of carboxylic acid groups (broad SMARTS) is 1. The number of rotatable bonds is 4. The number of ether oxygens (including phenoxy) is 1. The molecule has 4 aliphatic rings. The molecule has 3 fully saturated rings. The van der Waals surface area contributed by atoms with E-state index in [4.69, 9.17) is 4.74 Å². The van der Waals surface area contributed by atoms with Crippen LogP contribution in [0.1, 0.15) is 65.7 Å². The number of carbonyl (C=O) groups excluding carboxylic acids is 2. The topological polar surface area (TPSA) is 92.7 Å². The number of carboxylic acids is 1. The predicted octanol–water partition coefficient (Wildman–Crippen LogP) is 3.88. The summed E-state index contributed by atoms with van der Waals surface area (Å²) in [7, 11) is 1.36. The van der Waals surface area contributed by atoms with Gasteiger partial charge in [-0.25, -0.2) is 4.79 Å². The molecule has 28 heavy (non-hydrogen) atoms. The summed E-state index contributed by atoms with van der Waals surface area (Å²) in [5.74, 6) is -2.48. The van der Waals surface area contributed by atoms with E-state index in [2.05, 4.69) is 5.32 Å². The average Bonchev–Trinajstić information content (AvgIpc) is 2.87. The van der Waals surface area contributed by atoms with E-state index >= 15 is 0 Å². The maximum atomic E-state index is 13.2. The van der Waals surface area contributed by atoms with Gasteiger partial charge < -0.3 is 15.2 Å². The lowest BCUT2D eigenvalue weighted by Crippen LogP contribution is -2.49. The normalized spacial score (nSPS) is 28.9. The van der Waals surface area contributed by atoms with Crippen LogP contribution in [0.5, 0.6) is 0 Å². The Bertz CT molecular complexity index is 793. The van der Waals surface area contributed by atoms with Gasteiger partial charge in [-0.2, -0.15) is 0 Å². The third-order valence-corrected chi connectivity index (χ3v) is 8.06. The minimum atomic E-state index is -0.871. The van der Waals surface area contributed by atoms with Gasteiger partial charge >= 0.3 is 11.9 Å². The van der Waals surface area contributed by atoms with E-state index < -0.39 is 23.8 Å². The molecule has 2 bridgehead atoms. The minimum Gasteiger partial charge on any atom is -0.481 e. The number of carbonyl (C=O) groups is 3. The molecular formula is C21H27NO5S. The van der Waals surface area contributed by atoms with Crippen molar-refractivity contribution in [3.05, 3.63) is 16.0 Å². The predicted molar refractivity (Wildman–Crippen MR) is 106 cm³/mol. The molecule has 2 atom stereocenters. The Morgan fingerprint density at radius 1 is 1.00 bits per heavy atom. The van der Waals surface area contributed by atoms with Gasteiger partial charge in [-0.3, -0.25) is 9.59 Å². The van der Waals surface area contributed by atoms with Crippen LogP contribution in [0.4, 0.5) is 5.00 Å². The zero-order valence-electron chi connectivity index (χ0n) is 16.2. The van der Waals surface area contributed by atoms with Crippen molar-refractivity contribution in [2.24, 2.45) is 23.7 Å². The fourth-order valence-corrected chi connectivity index (χ4v) is 6.81. The molecular weight excluding hydrogens is 378 g/mol. The van der Waals surface area contributed by atoms with Crippen LogP contribution in [-0.2, 0) is 27.2 Å². The monoisotopic (exact) mass is 405 g/mol. The Hall–Kier alpha value is -1.89. The summed E-state index contributed by atoms with van der Waals surface area (Å²) >= 11 is 1.46. The Balaban J connectivity index is 1.64. The lowest BCUT2D eigenvalue weighted by molar-refractivity contribution is -0.156. The molecule has 0 saturated heterocycles. The first kappa shape index (κ1) is 19.4. The summed E-state index contributed by atoms with van der Waals surface area (Å²) in [4.78, 5) is 38.7. The molecule has 152 valence electrons. The van der Waals surface area contributed by atoms with Gasteiger partial charge in [-0.15, -0.1) is 11.3 Å². The highest BCUT2D eigenvalue weighted by Gasteiger charge is 2.50. The molecule has 0 radical (unpaired) electrons. The second-order valence-corrected chi connectivity index (χ2v) is 9.42. The van der Waals surface area contributed by atoms with Crippen molar-refractivity contribution >= 4 is 34.2 Å². The molecule has 2 N–H and O–H groups in total. The number of esters is 1. The second kappa shape index (κ2) is 7.85. The maximum absolute atomic E-state index is 13.2. The molecule has 0 aromatic carbocycles. The quantitative estimate of drug-likeness (QED) is 0.586. The van der Waals surface area contributed by atoms with E-state index in [0.717, 1.165) is 68.2 Å². The molecule has 1 aromatic heterocycles. The van der Waals surface area contributed by atoms with Crippen LogP contribution in [0.25, 0.3) is 0 Å². The number of hydrogen-bond acceptors (Lipinski definition) is 5. The summed E-state index contributed by atoms with van der Waals surface area (Å²) in [6.07, 6.45) is 8.58. The summed E-state index contributed by atoms with van der Waals surface area (Å²) in [5.41, 5.74) is 1.48. The summed E-state index contributed by atoms with van der Waals surface area (Å²) in [5, 5.41) is 13.2. The molecule has 1 aromatic rings. The minimum absolute atomic E-state index is 0.0818. The van der Waals surface area contributed by atoms with Gasteiger partial charge in [0, 0.05) is 4.88 Å². The van der Waals surface area contributed by atoms with Crippen molar-refractivity contribution in [2.75, 3.05) is 12.4 Å². The number of aryl methyl sites for hydroxylation is 1. The van der Waals surface area contributed by atoms with Gasteiger partial charge in [-0.05, 0) is 68.8 Å². The summed E-state index contributed by atoms with van der Waals surface area (Å²) in [6, 6.07) is 0. The molecule has 6 nitrogen and oxygen atoms in total. The molecule has 5 rings (SSSR count). The smallest absolute Gasteiger partial charge is 0.341 e. The lowest BCUT2D eigenvalue weighted by Gasteiger charge is -2.45. The molecule has 0 aliphatic heterocycles. The van der Waals surface area contributed by atoms with E-state index in [1.807, 2.05) is 0 Å². The van der Waals surface area contributed by atoms with Crippen molar-refractivity contribution in [1.29, 1.82) is 0 Å². The van der Waals surface area contributed by atoms with Crippen LogP contribution in [-0.4, -0.2) is 30.1 Å². The highest BCUT2D eigenvalue weighted by Crippen LogP contribution is 2.49. The zero-order chi connectivity index (χ0) is 19.8. The molecule has 1 heterocycles. The Kier molecular flexibility index (Phi) is 5.45. The number of aliphatic carboxylic acids is 1. The SMILES string of the molecule is COC(=O)c1c(NC(=O)[C@@H]2C3CCC(CC3)[C@@H]2C(=O)O)sc2c1CCCCC2. The van der Waals surface area contributed by atoms with Crippen molar-refractivity contribution in [3.63, 3.8) is 0 Å². The van der Waals surface area contributed by atoms with Gasteiger partial charge in [0.25, 0.3) is 0 Å². The molecule has 1 amide bonds. The van der Waals surface area contributed by atoms with Crippen LogP contribution in [0.2, 0.25) is 0 Å². The fourth-order valence-electron chi connectivity index (χ4n) is 5.53.